The summed E-state index contributed by atoms with van der Waals surface area (Å²) in [6.45, 7) is 0.121. The van der Waals surface area contributed by atoms with Gasteiger partial charge in [-0.05, 0) is 41.0 Å². The van der Waals surface area contributed by atoms with Crippen LogP contribution in [0.5, 0.6) is 0 Å². The van der Waals surface area contributed by atoms with E-state index >= 15 is 0 Å². The molecule has 0 atom stereocenters. The van der Waals surface area contributed by atoms with Gasteiger partial charge < -0.3 is 5.73 Å². The second kappa shape index (κ2) is 7.63. The smallest absolute Gasteiger partial charge is 0.277 e. The van der Waals surface area contributed by atoms with Crippen LogP contribution in [0.2, 0.25) is 0 Å². The molecule has 0 fully saturated rings. The summed E-state index contributed by atoms with van der Waals surface area (Å²) in [5, 5.41) is 10.7. The predicted molar refractivity (Wildman–Crippen MR) is 98.5 cm³/mol. The maximum absolute atomic E-state index is 12.3. The van der Waals surface area contributed by atoms with Crippen LogP contribution in [-0.4, -0.2) is 22.1 Å². The first kappa shape index (κ1) is 17.4. The van der Waals surface area contributed by atoms with Gasteiger partial charge in [0.25, 0.3) is 5.91 Å². The van der Waals surface area contributed by atoms with Crippen molar-refractivity contribution in [1.29, 1.82) is 0 Å². The lowest BCUT2D eigenvalue weighted by atomic mass is 10.0. The molecule has 3 rings (SSSR count). The van der Waals surface area contributed by atoms with E-state index in [-0.39, 0.29) is 6.54 Å². The summed E-state index contributed by atoms with van der Waals surface area (Å²) in [7, 11) is 0. The highest BCUT2D eigenvalue weighted by atomic mass is 16.5. The first-order valence-corrected chi connectivity index (χ1v) is 8.09. The molecule has 5 nitrogen and oxygen atoms in total. The predicted octanol–water partition coefficient (Wildman–Crippen LogP) is 3.48. The molecule has 0 aromatic heterocycles. The van der Waals surface area contributed by atoms with Gasteiger partial charge in [0.1, 0.15) is 0 Å². The molecule has 3 aromatic carbocycles. The van der Waals surface area contributed by atoms with Gasteiger partial charge in [0, 0.05) is 11.1 Å². The third-order valence-electron chi connectivity index (χ3n) is 4.04. The van der Waals surface area contributed by atoms with Crippen molar-refractivity contribution in [2.75, 3.05) is 0 Å². The van der Waals surface area contributed by atoms with Crippen molar-refractivity contribution in [2.45, 2.75) is 6.54 Å². The number of carbonyl (C=O) groups is 2. The Morgan fingerprint density at radius 1 is 0.769 bits per heavy atom. The van der Waals surface area contributed by atoms with E-state index in [4.69, 9.17) is 5.73 Å². The lowest BCUT2D eigenvalue weighted by molar-refractivity contribution is -0.0648. The van der Waals surface area contributed by atoms with Crippen LogP contribution in [0.1, 0.15) is 26.3 Å². The summed E-state index contributed by atoms with van der Waals surface area (Å²) in [6.07, 6.45) is 0. The monoisotopic (exact) mass is 346 g/mol. The van der Waals surface area contributed by atoms with E-state index in [1.807, 2.05) is 30.3 Å². The molecule has 3 N–H and O–H groups in total. The zero-order chi connectivity index (χ0) is 18.5. The van der Waals surface area contributed by atoms with Crippen molar-refractivity contribution in [3.63, 3.8) is 0 Å². The Kier molecular flexibility index (Phi) is 5.10. The number of hydroxylamine groups is 2. The molecule has 26 heavy (non-hydrogen) atoms. The van der Waals surface area contributed by atoms with E-state index in [1.54, 1.807) is 48.5 Å². The third-order valence-corrected chi connectivity index (χ3v) is 4.04. The first-order chi connectivity index (χ1) is 12.5. The van der Waals surface area contributed by atoms with Crippen LogP contribution >= 0.6 is 0 Å². The van der Waals surface area contributed by atoms with Crippen molar-refractivity contribution >= 4 is 11.8 Å². The fraction of sp³-hybridized carbons (Fsp3) is 0.0476. The average Bonchev–Trinajstić information content (AvgIpc) is 2.68. The van der Waals surface area contributed by atoms with Crippen LogP contribution in [-0.2, 0) is 6.54 Å². The highest BCUT2D eigenvalue weighted by Crippen LogP contribution is 2.21. The maximum Gasteiger partial charge on any atom is 0.277 e. The van der Waals surface area contributed by atoms with Gasteiger partial charge in [0.2, 0.25) is 5.91 Å². The summed E-state index contributed by atoms with van der Waals surface area (Å²) in [6, 6.07) is 23.1. The number of nitrogens with zero attached hydrogens (tertiary/aromatic N) is 1. The fourth-order valence-corrected chi connectivity index (χ4v) is 2.61. The number of nitrogens with two attached hydrogens (primary N) is 1. The second-order valence-electron chi connectivity index (χ2n) is 5.87. The molecule has 130 valence electrons. The van der Waals surface area contributed by atoms with Crippen molar-refractivity contribution in [2.24, 2.45) is 5.73 Å². The molecule has 5 heteroatoms. The molecular formula is C21H18N2O3. The molecule has 0 saturated carbocycles. The van der Waals surface area contributed by atoms with Gasteiger partial charge >= 0.3 is 0 Å². The number of hydrogen-bond donors (Lipinski definition) is 2. The summed E-state index contributed by atoms with van der Waals surface area (Å²) >= 11 is 0. The Morgan fingerprint density at radius 2 is 1.27 bits per heavy atom. The van der Waals surface area contributed by atoms with Gasteiger partial charge in [-0.3, -0.25) is 14.8 Å². The van der Waals surface area contributed by atoms with Crippen LogP contribution in [0.3, 0.4) is 0 Å². The van der Waals surface area contributed by atoms with Gasteiger partial charge in [-0.15, -0.1) is 0 Å². The second-order valence-corrected chi connectivity index (χ2v) is 5.87. The summed E-state index contributed by atoms with van der Waals surface area (Å²) in [5.74, 6) is -0.941. The Bertz CT molecular complexity index is 904. The molecule has 0 bridgehead atoms. The van der Waals surface area contributed by atoms with Gasteiger partial charge in [-0.25, -0.2) is 5.06 Å². The van der Waals surface area contributed by atoms with Crippen molar-refractivity contribution in [3.8, 4) is 11.1 Å². The van der Waals surface area contributed by atoms with Crippen molar-refractivity contribution in [1.82, 2.24) is 5.06 Å². The molecule has 0 spiro atoms. The SMILES string of the molecule is NC(=O)c1ccc(-c2ccc(C(=O)N(O)Cc3ccccc3)cc2)cc1. The number of hydrogen-bond acceptors (Lipinski definition) is 3. The van der Waals surface area contributed by atoms with E-state index in [0.29, 0.717) is 16.2 Å². The summed E-state index contributed by atoms with van der Waals surface area (Å²) < 4.78 is 0. The number of carbonyl (C=O) groups excluding carboxylic acids is 2. The molecule has 0 aliphatic heterocycles. The lowest BCUT2D eigenvalue weighted by Crippen LogP contribution is -2.26. The minimum atomic E-state index is -0.473. The molecule has 0 saturated heterocycles. The van der Waals surface area contributed by atoms with Crippen molar-refractivity contribution in [3.05, 3.63) is 95.6 Å². The molecule has 0 radical (unpaired) electrons. The van der Waals surface area contributed by atoms with Gasteiger partial charge in [-0.2, -0.15) is 0 Å². The van der Waals surface area contributed by atoms with E-state index in [2.05, 4.69) is 0 Å². The Morgan fingerprint density at radius 3 is 1.77 bits per heavy atom. The van der Waals surface area contributed by atoms with E-state index in [9.17, 15) is 14.8 Å². The maximum atomic E-state index is 12.3. The van der Waals surface area contributed by atoms with E-state index < -0.39 is 11.8 Å². The van der Waals surface area contributed by atoms with Crippen LogP contribution in [0.15, 0.2) is 78.9 Å². The zero-order valence-electron chi connectivity index (χ0n) is 14.0. The lowest BCUT2D eigenvalue weighted by Gasteiger charge is -2.15. The number of benzene rings is 3. The Balaban J connectivity index is 1.72. The molecule has 0 aliphatic rings. The number of amides is 2. The molecule has 0 aliphatic carbocycles. The minimum absolute atomic E-state index is 0.121. The van der Waals surface area contributed by atoms with Crippen LogP contribution in [0, 0.1) is 0 Å². The highest BCUT2D eigenvalue weighted by molar-refractivity contribution is 5.94. The molecule has 0 unspecified atom stereocenters. The molecule has 2 amide bonds. The third kappa shape index (κ3) is 3.96. The largest absolute Gasteiger partial charge is 0.366 e. The quantitative estimate of drug-likeness (QED) is 0.548. The van der Waals surface area contributed by atoms with Gasteiger partial charge in [0.15, 0.2) is 0 Å². The highest BCUT2D eigenvalue weighted by Gasteiger charge is 2.14. The van der Waals surface area contributed by atoms with Crippen molar-refractivity contribution < 1.29 is 14.8 Å². The fourth-order valence-electron chi connectivity index (χ4n) is 2.61. The Hall–Kier alpha value is -3.44. The zero-order valence-corrected chi connectivity index (χ0v) is 14.0. The topological polar surface area (TPSA) is 83.6 Å². The molecular weight excluding hydrogens is 328 g/mol. The molecule has 3 aromatic rings. The standard InChI is InChI=1S/C21H18N2O3/c22-20(24)18-10-6-16(7-11-18)17-8-12-19(13-9-17)21(25)23(26)14-15-4-2-1-3-5-15/h1-13,26H,14H2,(H2,22,24). The molecule has 0 heterocycles. The summed E-state index contributed by atoms with van der Waals surface area (Å²) in [5.41, 5.74) is 8.70. The first-order valence-electron chi connectivity index (χ1n) is 8.09. The Labute approximate surface area is 151 Å². The van der Waals surface area contributed by atoms with Gasteiger partial charge in [-0.1, -0.05) is 54.6 Å². The van der Waals surface area contributed by atoms with Crippen LogP contribution in [0.4, 0.5) is 0 Å². The minimum Gasteiger partial charge on any atom is -0.366 e. The van der Waals surface area contributed by atoms with E-state index in [0.717, 1.165) is 16.7 Å². The number of primary amides is 1. The van der Waals surface area contributed by atoms with Crippen LogP contribution in [0.25, 0.3) is 11.1 Å². The van der Waals surface area contributed by atoms with E-state index in [1.165, 1.54) is 0 Å². The summed E-state index contributed by atoms with van der Waals surface area (Å²) in [4.78, 5) is 23.5. The normalized spacial score (nSPS) is 10.3. The average molecular weight is 346 g/mol. The van der Waals surface area contributed by atoms with Gasteiger partial charge in [0.05, 0.1) is 6.54 Å². The van der Waals surface area contributed by atoms with Crippen LogP contribution < -0.4 is 5.73 Å². The number of rotatable bonds is 5.